The lowest BCUT2D eigenvalue weighted by molar-refractivity contribution is -0.0498. The van der Waals surface area contributed by atoms with E-state index in [1.165, 1.54) is 19.3 Å². The SMILES string of the molecule is CN(Cc1ccc(OC(F)F)cc1)C1C=CCCC1. The fourth-order valence-electron chi connectivity index (χ4n) is 2.34. The maximum atomic E-state index is 12.0. The number of alkyl halides is 2. The number of likely N-dealkylation sites (N-methyl/N-ethyl adjacent to an activating group) is 1. The van der Waals surface area contributed by atoms with Crippen molar-refractivity contribution < 1.29 is 13.5 Å². The summed E-state index contributed by atoms with van der Waals surface area (Å²) < 4.78 is 28.4. The molecular formula is C15H19F2NO. The summed E-state index contributed by atoms with van der Waals surface area (Å²) in [5.41, 5.74) is 1.10. The van der Waals surface area contributed by atoms with E-state index in [9.17, 15) is 8.78 Å². The molecule has 0 fully saturated rings. The zero-order valence-corrected chi connectivity index (χ0v) is 11.1. The summed E-state index contributed by atoms with van der Waals surface area (Å²) in [4.78, 5) is 2.28. The van der Waals surface area contributed by atoms with Gasteiger partial charge in [-0.2, -0.15) is 8.78 Å². The summed E-state index contributed by atoms with van der Waals surface area (Å²) in [6.45, 7) is -1.95. The van der Waals surface area contributed by atoms with Crippen molar-refractivity contribution in [1.82, 2.24) is 4.90 Å². The smallest absolute Gasteiger partial charge is 0.387 e. The van der Waals surface area contributed by atoms with Crippen LogP contribution in [0.2, 0.25) is 0 Å². The van der Waals surface area contributed by atoms with Gasteiger partial charge < -0.3 is 4.74 Å². The van der Waals surface area contributed by atoms with E-state index in [-0.39, 0.29) is 5.75 Å². The lowest BCUT2D eigenvalue weighted by atomic mass is 10.0. The maximum Gasteiger partial charge on any atom is 0.387 e. The topological polar surface area (TPSA) is 12.5 Å². The van der Waals surface area contributed by atoms with Gasteiger partial charge in [0.15, 0.2) is 0 Å². The van der Waals surface area contributed by atoms with E-state index >= 15 is 0 Å². The van der Waals surface area contributed by atoms with Gasteiger partial charge in [0.2, 0.25) is 0 Å². The third kappa shape index (κ3) is 4.31. The number of ether oxygens (including phenoxy) is 1. The summed E-state index contributed by atoms with van der Waals surface area (Å²) in [6, 6.07) is 7.32. The van der Waals surface area contributed by atoms with Gasteiger partial charge in [-0.15, -0.1) is 0 Å². The molecule has 0 radical (unpaired) electrons. The molecule has 0 bridgehead atoms. The van der Waals surface area contributed by atoms with Crippen molar-refractivity contribution in [2.75, 3.05) is 7.05 Å². The predicted molar refractivity (Wildman–Crippen MR) is 71.3 cm³/mol. The van der Waals surface area contributed by atoms with Crippen LogP contribution in [0.15, 0.2) is 36.4 Å². The van der Waals surface area contributed by atoms with E-state index in [1.807, 2.05) is 12.1 Å². The summed E-state index contributed by atoms with van der Waals surface area (Å²) in [5, 5.41) is 0. The highest BCUT2D eigenvalue weighted by Crippen LogP contribution is 2.19. The first kappa shape index (κ1) is 14.0. The normalized spacial score (nSPS) is 19.1. The second-order valence-electron chi connectivity index (χ2n) is 4.86. The van der Waals surface area contributed by atoms with Gasteiger partial charge in [-0.05, 0) is 44.0 Å². The van der Waals surface area contributed by atoms with Crippen LogP contribution in [-0.4, -0.2) is 24.6 Å². The van der Waals surface area contributed by atoms with Crippen LogP contribution in [0.5, 0.6) is 5.75 Å². The van der Waals surface area contributed by atoms with Crippen LogP contribution in [0.4, 0.5) is 8.78 Å². The van der Waals surface area contributed by atoms with Crippen molar-refractivity contribution in [3.05, 3.63) is 42.0 Å². The monoisotopic (exact) mass is 267 g/mol. The van der Waals surface area contributed by atoms with Gasteiger partial charge in [-0.3, -0.25) is 4.90 Å². The molecule has 2 rings (SSSR count). The molecule has 0 heterocycles. The third-order valence-corrected chi connectivity index (χ3v) is 3.38. The van der Waals surface area contributed by atoms with E-state index in [0.717, 1.165) is 12.1 Å². The number of hydrogen-bond donors (Lipinski definition) is 0. The summed E-state index contributed by atoms with van der Waals surface area (Å²) in [5.74, 6) is 0.207. The Kier molecular flexibility index (Phi) is 4.91. The van der Waals surface area contributed by atoms with Crippen LogP contribution < -0.4 is 4.74 Å². The van der Waals surface area contributed by atoms with E-state index in [2.05, 4.69) is 28.8 Å². The molecule has 1 aliphatic rings. The molecular weight excluding hydrogens is 248 g/mol. The van der Waals surface area contributed by atoms with Gasteiger partial charge in [0.05, 0.1) is 0 Å². The maximum absolute atomic E-state index is 12.0. The molecule has 0 aliphatic heterocycles. The molecule has 0 spiro atoms. The minimum atomic E-state index is -2.76. The number of allylic oxidation sites excluding steroid dienone is 1. The minimum absolute atomic E-state index is 0.207. The Morgan fingerprint density at radius 1 is 1.32 bits per heavy atom. The molecule has 1 aliphatic carbocycles. The van der Waals surface area contributed by atoms with Crippen LogP contribution in [-0.2, 0) is 6.54 Å². The third-order valence-electron chi connectivity index (χ3n) is 3.38. The fraction of sp³-hybridized carbons (Fsp3) is 0.467. The molecule has 0 aromatic heterocycles. The first-order chi connectivity index (χ1) is 9.15. The fourth-order valence-corrected chi connectivity index (χ4v) is 2.34. The van der Waals surface area contributed by atoms with Crippen LogP contribution in [0.3, 0.4) is 0 Å². The quantitative estimate of drug-likeness (QED) is 0.752. The van der Waals surface area contributed by atoms with Gasteiger partial charge in [0.1, 0.15) is 5.75 Å². The minimum Gasteiger partial charge on any atom is -0.435 e. The Labute approximate surface area is 112 Å². The van der Waals surface area contributed by atoms with Crippen molar-refractivity contribution in [1.29, 1.82) is 0 Å². The van der Waals surface area contributed by atoms with E-state index < -0.39 is 6.61 Å². The van der Waals surface area contributed by atoms with E-state index in [0.29, 0.717) is 6.04 Å². The van der Waals surface area contributed by atoms with Crippen molar-refractivity contribution in [3.8, 4) is 5.75 Å². The predicted octanol–water partition coefficient (Wildman–Crippen LogP) is 3.83. The lowest BCUT2D eigenvalue weighted by Gasteiger charge is -2.27. The van der Waals surface area contributed by atoms with Gasteiger partial charge in [0, 0.05) is 12.6 Å². The summed E-state index contributed by atoms with van der Waals surface area (Å²) in [7, 11) is 2.09. The van der Waals surface area contributed by atoms with Crippen molar-refractivity contribution in [2.45, 2.75) is 38.5 Å². The number of rotatable bonds is 5. The zero-order chi connectivity index (χ0) is 13.7. The van der Waals surface area contributed by atoms with E-state index in [4.69, 9.17) is 0 Å². The van der Waals surface area contributed by atoms with Crippen molar-refractivity contribution in [3.63, 3.8) is 0 Å². The number of hydrogen-bond acceptors (Lipinski definition) is 2. The molecule has 1 unspecified atom stereocenters. The molecule has 0 saturated carbocycles. The summed E-state index contributed by atoms with van der Waals surface area (Å²) >= 11 is 0. The largest absolute Gasteiger partial charge is 0.435 e. The Morgan fingerprint density at radius 2 is 2.05 bits per heavy atom. The highest BCUT2D eigenvalue weighted by molar-refractivity contribution is 5.27. The van der Waals surface area contributed by atoms with Crippen LogP contribution in [0.25, 0.3) is 0 Å². The molecule has 104 valence electrons. The lowest BCUT2D eigenvalue weighted by Crippen LogP contribution is -2.30. The second-order valence-corrected chi connectivity index (χ2v) is 4.86. The highest BCUT2D eigenvalue weighted by Gasteiger charge is 2.14. The van der Waals surface area contributed by atoms with Crippen molar-refractivity contribution in [2.24, 2.45) is 0 Å². The average Bonchev–Trinajstić information content (AvgIpc) is 2.41. The van der Waals surface area contributed by atoms with Gasteiger partial charge in [-0.25, -0.2) is 0 Å². The average molecular weight is 267 g/mol. The van der Waals surface area contributed by atoms with E-state index in [1.54, 1.807) is 12.1 Å². The zero-order valence-electron chi connectivity index (χ0n) is 11.1. The Hall–Kier alpha value is -1.42. The molecule has 1 aromatic rings. The Morgan fingerprint density at radius 3 is 2.63 bits per heavy atom. The Bertz CT molecular complexity index is 417. The van der Waals surface area contributed by atoms with Crippen LogP contribution in [0.1, 0.15) is 24.8 Å². The van der Waals surface area contributed by atoms with Gasteiger partial charge in [-0.1, -0.05) is 24.3 Å². The second kappa shape index (κ2) is 6.66. The van der Waals surface area contributed by atoms with Gasteiger partial charge in [0.25, 0.3) is 0 Å². The molecule has 0 amide bonds. The molecule has 2 nitrogen and oxygen atoms in total. The van der Waals surface area contributed by atoms with Gasteiger partial charge >= 0.3 is 6.61 Å². The molecule has 0 saturated heterocycles. The number of benzene rings is 1. The molecule has 19 heavy (non-hydrogen) atoms. The Balaban J connectivity index is 1.91. The summed E-state index contributed by atoms with van der Waals surface area (Å²) in [6.07, 6.45) is 8.05. The van der Waals surface area contributed by atoms with Crippen LogP contribution >= 0.6 is 0 Å². The van der Waals surface area contributed by atoms with Crippen LogP contribution in [0, 0.1) is 0 Å². The molecule has 1 atom stereocenters. The first-order valence-electron chi connectivity index (χ1n) is 6.56. The first-order valence-corrected chi connectivity index (χ1v) is 6.56. The number of halogens is 2. The molecule has 4 heteroatoms. The standard InChI is InChI=1S/C15H19F2NO/c1-18(13-5-3-2-4-6-13)11-12-7-9-14(10-8-12)19-15(16)17/h3,5,7-10,13,15H,2,4,6,11H2,1H3. The molecule has 1 aromatic carbocycles. The highest BCUT2D eigenvalue weighted by atomic mass is 19.3. The molecule has 0 N–H and O–H groups in total. The number of nitrogens with zero attached hydrogens (tertiary/aromatic N) is 1. The van der Waals surface area contributed by atoms with Crippen molar-refractivity contribution >= 4 is 0 Å².